The van der Waals surface area contributed by atoms with E-state index in [1.54, 1.807) is 6.08 Å². The second-order valence-corrected chi connectivity index (χ2v) is 3.86. The van der Waals surface area contributed by atoms with E-state index >= 15 is 0 Å². The Bertz CT molecular complexity index is 311. The first-order valence-electron chi connectivity index (χ1n) is 5.75. The Morgan fingerprint density at radius 3 is 2.62 bits per heavy atom. The summed E-state index contributed by atoms with van der Waals surface area (Å²) >= 11 is 0. The topological polar surface area (TPSA) is 12.5 Å². The fraction of sp³-hybridized carbons (Fsp3) is 0.429. The van der Waals surface area contributed by atoms with Gasteiger partial charge in [-0.25, -0.2) is 0 Å². The van der Waals surface area contributed by atoms with E-state index in [2.05, 4.69) is 24.6 Å². The lowest BCUT2D eigenvalue weighted by Gasteiger charge is -2.34. The molecule has 0 N–H and O–H groups in total. The third-order valence-electron chi connectivity index (χ3n) is 2.60. The van der Waals surface area contributed by atoms with Gasteiger partial charge in [-0.3, -0.25) is 0 Å². The Kier molecular flexibility index (Phi) is 4.90. The van der Waals surface area contributed by atoms with Gasteiger partial charge in [-0.05, 0) is 31.5 Å². The molecule has 0 atom stereocenters. The van der Waals surface area contributed by atoms with E-state index in [1.165, 1.54) is 17.7 Å². The van der Waals surface area contributed by atoms with E-state index in [-0.39, 0.29) is 0 Å². The molecule has 1 aliphatic carbocycles. The van der Waals surface area contributed by atoms with E-state index < -0.39 is 0 Å². The molecule has 0 aromatic carbocycles. The van der Waals surface area contributed by atoms with Crippen LogP contribution >= 0.6 is 0 Å². The van der Waals surface area contributed by atoms with Gasteiger partial charge in [0, 0.05) is 6.42 Å². The fourth-order valence-corrected chi connectivity index (χ4v) is 1.96. The summed E-state index contributed by atoms with van der Waals surface area (Å²) in [7, 11) is 0. The summed E-state index contributed by atoms with van der Waals surface area (Å²) in [6.45, 7) is 14.8. The van der Waals surface area contributed by atoms with Crippen molar-refractivity contribution in [2.75, 3.05) is 13.2 Å². The van der Waals surface area contributed by atoms with E-state index in [0.29, 0.717) is 0 Å². The number of nitrogens with zero attached hydrogens (tertiary/aromatic N) is 1. The molecule has 2 aliphatic rings. The lowest BCUT2D eigenvalue weighted by Crippen LogP contribution is -2.30. The van der Waals surface area contributed by atoms with Crippen LogP contribution in [0.15, 0.2) is 49.0 Å². The summed E-state index contributed by atoms with van der Waals surface area (Å²) < 4.78 is 5.61. The molecule has 0 radical (unpaired) electrons. The maximum atomic E-state index is 5.61. The first kappa shape index (κ1) is 12.6. The molecule has 88 valence electrons. The van der Waals surface area contributed by atoms with Crippen molar-refractivity contribution in [2.45, 2.75) is 26.2 Å². The van der Waals surface area contributed by atoms with Crippen LogP contribution in [0.3, 0.4) is 0 Å². The maximum Gasteiger partial charge on any atom is 0.120 e. The van der Waals surface area contributed by atoms with Crippen molar-refractivity contribution in [2.24, 2.45) is 0 Å². The number of allylic oxidation sites excluding steroid dienone is 3. The SMILES string of the molecule is C=CC.C=CN1CCOC2=C1C(=C)CCC2. The van der Waals surface area contributed by atoms with Crippen LogP contribution in [0.5, 0.6) is 0 Å². The van der Waals surface area contributed by atoms with Crippen LogP contribution in [0.1, 0.15) is 26.2 Å². The third kappa shape index (κ3) is 2.78. The highest BCUT2D eigenvalue weighted by Gasteiger charge is 2.24. The van der Waals surface area contributed by atoms with Gasteiger partial charge in [0.15, 0.2) is 0 Å². The summed E-state index contributed by atoms with van der Waals surface area (Å²) in [5, 5.41) is 0. The van der Waals surface area contributed by atoms with Crippen molar-refractivity contribution in [1.29, 1.82) is 0 Å². The lowest BCUT2D eigenvalue weighted by molar-refractivity contribution is 0.139. The Morgan fingerprint density at radius 2 is 2.00 bits per heavy atom. The van der Waals surface area contributed by atoms with Crippen LogP contribution in [0.4, 0.5) is 0 Å². The lowest BCUT2D eigenvalue weighted by atomic mass is 9.96. The highest BCUT2D eigenvalue weighted by atomic mass is 16.5. The Labute approximate surface area is 98.6 Å². The van der Waals surface area contributed by atoms with Gasteiger partial charge in [0.1, 0.15) is 12.4 Å². The van der Waals surface area contributed by atoms with Gasteiger partial charge in [0.05, 0.1) is 12.2 Å². The Balaban J connectivity index is 0.000000386. The zero-order valence-corrected chi connectivity index (χ0v) is 10.2. The molecular formula is C14H21NO. The van der Waals surface area contributed by atoms with E-state index in [0.717, 1.165) is 31.8 Å². The molecular weight excluding hydrogens is 198 g/mol. The fourth-order valence-electron chi connectivity index (χ4n) is 1.96. The first-order valence-corrected chi connectivity index (χ1v) is 5.75. The molecule has 0 spiro atoms. The standard InChI is InChI=1S/C11H15NO.C3H6/c1-3-12-7-8-13-10-6-4-5-9(2)11(10)12;1-3-2/h3H,1-2,4-8H2;3H,1H2,2H3. The average molecular weight is 219 g/mol. The highest BCUT2D eigenvalue weighted by Crippen LogP contribution is 2.33. The van der Waals surface area contributed by atoms with E-state index in [4.69, 9.17) is 4.74 Å². The van der Waals surface area contributed by atoms with Crippen molar-refractivity contribution in [3.63, 3.8) is 0 Å². The quantitative estimate of drug-likeness (QED) is 0.625. The molecule has 1 aliphatic heterocycles. The van der Waals surface area contributed by atoms with Crippen LogP contribution in [-0.4, -0.2) is 18.1 Å². The maximum absolute atomic E-state index is 5.61. The second kappa shape index (κ2) is 6.21. The minimum atomic E-state index is 0.776. The number of hydrogen-bond acceptors (Lipinski definition) is 2. The molecule has 0 bridgehead atoms. The van der Waals surface area contributed by atoms with Crippen molar-refractivity contribution in [3.8, 4) is 0 Å². The predicted molar refractivity (Wildman–Crippen MR) is 68.7 cm³/mol. The van der Waals surface area contributed by atoms with Gasteiger partial charge in [-0.15, -0.1) is 6.58 Å². The number of ether oxygens (including phenoxy) is 1. The van der Waals surface area contributed by atoms with Gasteiger partial charge >= 0.3 is 0 Å². The van der Waals surface area contributed by atoms with Gasteiger partial charge < -0.3 is 9.64 Å². The summed E-state index contributed by atoms with van der Waals surface area (Å²) in [6, 6.07) is 0. The Morgan fingerprint density at radius 1 is 1.31 bits per heavy atom. The largest absolute Gasteiger partial charge is 0.494 e. The number of hydrogen-bond donors (Lipinski definition) is 0. The van der Waals surface area contributed by atoms with Crippen LogP contribution in [0, 0.1) is 0 Å². The van der Waals surface area contributed by atoms with Crippen LogP contribution in [0.25, 0.3) is 0 Å². The van der Waals surface area contributed by atoms with Gasteiger partial charge in [0.2, 0.25) is 0 Å². The van der Waals surface area contributed by atoms with Crippen LogP contribution in [0.2, 0.25) is 0 Å². The molecule has 0 unspecified atom stereocenters. The molecule has 0 saturated heterocycles. The van der Waals surface area contributed by atoms with E-state index in [1.807, 2.05) is 13.1 Å². The van der Waals surface area contributed by atoms with Crippen molar-refractivity contribution in [3.05, 3.63) is 49.0 Å². The summed E-state index contributed by atoms with van der Waals surface area (Å²) in [5.74, 6) is 1.11. The highest BCUT2D eigenvalue weighted by molar-refractivity contribution is 5.34. The molecule has 0 fully saturated rings. The minimum Gasteiger partial charge on any atom is -0.494 e. The van der Waals surface area contributed by atoms with Gasteiger partial charge in [-0.2, -0.15) is 0 Å². The smallest absolute Gasteiger partial charge is 0.120 e. The molecule has 16 heavy (non-hydrogen) atoms. The molecule has 0 aromatic rings. The molecule has 0 aromatic heterocycles. The van der Waals surface area contributed by atoms with Crippen molar-refractivity contribution >= 4 is 0 Å². The predicted octanol–water partition coefficient (Wildman–Crippen LogP) is 3.61. The van der Waals surface area contributed by atoms with Crippen molar-refractivity contribution < 1.29 is 4.74 Å². The summed E-state index contributed by atoms with van der Waals surface area (Å²) in [6.07, 6.45) is 6.93. The third-order valence-corrected chi connectivity index (χ3v) is 2.60. The average Bonchev–Trinajstić information content (AvgIpc) is 2.30. The number of rotatable bonds is 1. The molecule has 2 heteroatoms. The zero-order valence-electron chi connectivity index (χ0n) is 10.2. The molecule has 2 rings (SSSR count). The monoisotopic (exact) mass is 219 g/mol. The molecule has 0 amide bonds. The van der Waals surface area contributed by atoms with E-state index in [9.17, 15) is 0 Å². The summed E-state index contributed by atoms with van der Waals surface area (Å²) in [5.41, 5.74) is 2.38. The Hall–Kier alpha value is -1.44. The van der Waals surface area contributed by atoms with Gasteiger partial charge in [0.25, 0.3) is 0 Å². The van der Waals surface area contributed by atoms with Crippen LogP contribution < -0.4 is 0 Å². The first-order chi connectivity index (χ1) is 7.74. The zero-order chi connectivity index (χ0) is 12.0. The molecule has 0 saturated carbocycles. The normalized spacial score (nSPS) is 19.1. The second-order valence-electron chi connectivity index (χ2n) is 3.86. The summed E-state index contributed by atoms with van der Waals surface area (Å²) in [4.78, 5) is 2.15. The van der Waals surface area contributed by atoms with Crippen molar-refractivity contribution in [1.82, 2.24) is 4.90 Å². The molecule has 2 nitrogen and oxygen atoms in total. The van der Waals surface area contributed by atoms with Gasteiger partial charge in [-0.1, -0.05) is 19.2 Å². The molecule has 1 heterocycles. The minimum absolute atomic E-state index is 0.776. The van der Waals surface area contributed by atoms with Crippen LogP contribution in [-0.2, 0) is 4.74 Å².